The zero-order valence-corrected chi connectivity index (χ0v) is 10.8. The second-order valence-electron chi connectivity index (χ2n) is 3.90. The van der Waals surface area contributed by atoms with E-state index in [4.69, 9.17) is 11.6 Å². The molecule has 1 aromatic carbocycles. The van der Waals surface area contributed by atoms with Gasteiger partial charge in [-0.1, -0.05) is 36.7 Å². The minimum atomic E-state index is -0.483. The largest absolute Gasteiger partial charge is 0.329 e. The zero-order valence-electron chi connectivity index (χ0n) is 10.1. The molecule has 0 spiro atoms. The summed E-state index contributed by atoms with van der Waals surface area (Å²) in [4.78, 5) is 10.5. The molecule has 0 radical (unpaired) electrons. The van der Waals surface area contributed by atoms with Gasteiger partial charge in [-0.2, -0.15) is 5.10 Å². The number of hydrogen-bond acceptors (Lipinski definition) is 3. The number of halogens is 1. The van der Waals surface area contributed by atoms with Gasteiger partial charge in [0.05, 0.1) is 10.6 Å². The van der Waals surface area contributed by atoms with Crippen LogP contribution in [0.4, 0.5) is 5.69 Å². The summed E-state index contributed by atoms with van der Waals surface area (Å²) in [5.74, 6) is 0. The maximum absolute atomic E-state index is 11.0. The Morgan fingerprint density at radius 1 is 1.44 bits per heavy atom. The monoisotopic (exact) mass is 265 g/mol. The fourth-order valence-electron chi connectivity index (χ4n) is 1.81. The summed E-state index contributed by atoms with van der Waals surface area (Å²) in [6, 6.07) is 7.48. The highest BCUT2D eigenvalue weighted by Crippen LogP contribution is 2.31. The zero-order chi connectivity index (χ0) is 13.3. The molecular formula is C12H12ClN3O2. The number of aryl methyl sites for hydroxylation is 2. The first-order chi connectivity index (χ1) is 8.56. The van der Waals surface area contributed by atoms with Gasteiger partial charge in [-0.05, 0) is 25.0 Å². The predicted molar refractivity (Wildman–Crippen MR) is 69.3 cm³/mol. The summed E-state index contributed by atoms with van der Waals surface area (Å²) in [6.07, 6.45) is 0.467. The first kappa shape index (κ1) is 12.6. The molecule has 0 unspecified atom stereocenters. The Morgan fingerprint density at radius 2 is 2.11 bits per heavy atom. The highest BCUT2D eigenvalue weighted by molar-refractivity contribution is 6.32. The minimum absolute atomic E-state index is 0.0474. The molecule has 0 aliphatic rings. The number of nitrogens with zero attached hydrogens (tertiary/aromatic N) is 3. The van der Waals surface area contributed by atoms with E-state index in [-0.39, 0.29) is 10.8 Å². The average molecular weight is 266 g/mol. The molecule has 6 heteroatoms. The van der Waals surface area contributed by atoms with Crippen molar-refractivity contribution in [1.29, 1.82) is 0 Å². The van der Waals surface area contributed by atoms with Crippen molar-refractivity contribution in [2.24, 2.45) is 0 Å². The van der Waals surface area contributed by atoms with E-state index in [0.717, 1.165) is 11.3 Å². The Kier molecular flexibility index (Phi) is 3.34. The van der Waals surface area contributed by atoms with E-state index in [2.05, 4.69) is 5.10 Å². The van der Waals surface area contributed by atoms with Gasteiger partial charge in [-0.15, -0.1) is 0 Å². The normalized spacial score (nSPS) is 10.6. The third-order valence-electron chi connectivity index (χ3n) is 2.74. The van der Waals surface area contributed by atoms with E-state index in [1.54, 1.807) is 0 Å². The second kappa shape index (κ2) is 4.78. The molecule has 0 saturated heterocycles. The third-order valence-corrected chi connectivity index (χ3v) is 3.08. The molecule has 0 saturated carbocycles. The van der Waals surface area contributed by atoms with E-state index in [1.165, 1.54) is 4.68 Å². The van der Waals surface area contributed by atoms with Gasteiger partial charge >= 0.3 is 5.69 Å². The number of hydrogen-bond donors (Lipinski definition) is 0. The molecule has 0 aliphatic carbocycles. The number of aromatic nitrogens is 2. The highest BCUT2D eigenvalue weighted by Gasteiger charge is 2.26. The lowest BCUT2D eigenvalue weighted by molar-refractivity contribution is -0.385. The fraction of sp³-hybridized carbons (Fsp3) is 0.250. The standard InChI is InChI=1S/C12H12ClN3O2/c1-3-9-11(16(17)18)12(13)15(14-9)10-7-5-4-6-8(10)2/h4-7H,3H2,1-2H3. The Labute approximate surface area is 109 Å². The molecule has 5 nitrogen and oxygen atoms in total. The van der Waals surface area contributed by atoms with Crippen molar-refractivity contribution in [2.75, 3.05) is 0 Å². The van der Waals surface area contributed by atoms with Gasteiger partial charge in [0.2, 0.25) is 5.15 Å². The van der Waals surface area contributed by atoms with Crippen LogP contribution in [0, 0.1) is 17.0 Å². The summed E-state index contributed by atoms with van der Waals surface area (Å²) >= 11 is 6.07. The van der Waals surface area contributed by atoms with Crippen molar-refractivity contribution in [3.8, 4) is 5.69 Å². The number of nitro groups is 1. The van der Waals surface area contributed by atoms with Crippen molar-refractivity contribution < 1.29 is 4.92 Å². The molecule has 2 rings (SSSR count). The Hall–Kier alpha value is -1.88. The van der Waals surface area contributed by atoms with Gasteiger partial charge in [0.25, 0.3) is 0 Å². The molecule has 18 heavy (non-hydrogen) atoms. The van der Waals surface area contributed by atoms with Crippen LogP contribution in [0.15, 0.2) is 24.3 Å². The molecule has 0 amide bonds. The van der Waals surface area contributed by atoms with Crippen molar-refractivity contribution in [2.45, 2.75) is 20.3 Å². The quantitative estimate of drug-likeness (QED) is 0.632. The Balaban J connectivity index is 2.67. The summed E-state index contributed by atoms with van der Waals surface area (Å²) in [5, 5.41) is 15.3. The molecule has 0 atom stereocenters. The average Bonchev–Trinajstić information content (AvgIpc) is 2.67. The van der Waals surface area contributed by atoms with Crippen molar-refractivity contribution in [3.63, 3.8) is 0 Å². The van der Waals surface area contributed by atoms with Crippen LogP contribution in [0.25, 0.3) is 5.69 Å². The van der Waals surface area contributed by atoms with Crippen LogP contribution in [-0.4, -0.2) is 14.7 Å². The van der Waals surface area contributed by atoms with Gasteiger partial charge in [0.1, 0.15) is 5.69 Å². The van der Waals surface area contributed by atoms with E-state index in [0.29, 0.717) is 12.1 Å². The summed E-state index contributed by atoms with van der Waals surface area (Å²) in [5.41, 5.74) is 2.00. The van der Waals surface area contributed by atoms with Crippen LogP contribution >= 0.6 is 11.6 Å². The topological polar surface area (TPSA) is 61.0 Å². The third kappa shape index (κ3) is 1.97. The van der Waals surface area contributed by atoms with Gasteiger partial charge in [0, 0.05) is 0 Å². The van der Waals surface area contributed by atoms with Crippen LogP contribution in [0.2, 0.25) is 5.15 Å². The van der Waals surface area contributed by atoms with Crippen LogP contribution in [0.5, 0.6) is 0 Å². The lowest BCUT2D eigenvalue weighted by atomic mass is 10.2. The molecule has 94 valence electrons. The molecule has 0 N–H and O–H groups in total. The molecule has 0 bridgehead atoms. The second-order valence-corrected chi connectivity index (χ2v) is 4.25. The van der Waals surface area contributed by atoms with Crippen molar-refractivity contribution >= 4 is 17.3 Å². The molecule has 0 fully saturated rings. The molecular weight excluding hydrogens is 254 g/mol. The SMILES string of the molecule is CCc1nn(-c2ccccc2C)c(Cl)c1[N+](=O)[O-]. The highest BCUT2D eigenvalue weighted by atomic mass is 35.5. The number of para-hydroxylation sites is 1. The smallest absolute Gasteiger partial charge is 0.258 e. The first-order valence-electron chi connectivity index (χ1n) is 5.54. The maximum atomic E-state index is 11.0. The van der Waals surface area contributed by atoms with E-state index < -0.39 is 4.92 Å². The lowest BCUT2D eigenvalue weighted by Crippen LogP contribution is -1.99. The van der Waals surface area contributed by atoms with E-state index in [9.17, 15) is 10.1 Å². The van der Waals surface area contributed by atoms with E-state index in [1.807, 2.05) is 38.1 Å². The molecule has 1 heterocycles. The summed E-state index contributed by atoms with van der Waals surface area (Å²) < 4.78 is 1.42. The van der Waals surface area contributed by atoms with Gasteiger partial charge in [-0.3, -0.25) is 10.1 Å². The summed E-state index contributed by atoms with van der Waals surface area (Å²) in [6.45, 7) is 3.72. The van der Waals surface area contributed by atoms with Gasteiger partial charge in [-0.25, -0.2) is 4.68 Å². The lowest BCUT2D eigenvalue weighted by Gasteiger charge is -2.05. The first-order valence-corrected chi connectivity index (χ1v) is 5.91. The maximum Gasteiger partial charge on any atom is 0.329 e. The van der Waals surface area contributed by atoms with Crippen molar-refractivity contribution in [1.82, 2.24) is 9.78 Å². The Morgan fingerprint density at radius 3 is 2.61 bits per heavy atom. The number of rotatable bonds is 3. The Bertz CT molecular complexity index is 607. The van der Waals surface area contributed by atoms with Crippen LogP contribution in [0.1, 0.15) is 18.2 Å². The molecule has 2 aromatic rings. The van der Waals surface area contributed by atoms with E-state index >= 15 is 0 Å². The van der Waals surface area contributed by atoms with Gasteiger partial charge in [0.15, 0.2) is 0 Å². The predicted octanol–water partition coefficient (Wildman–Crippen LogP) is 3.30. The van der Waals surface area contributed by atoms with Crippen LogP contribution in [0.3, 0.4) is 0 Å². The molecule has 1 aromatic heterocycles. The molecule has 0 aliphatic heterocycles. The van der Waals surface area contributed by atoms with Crippen molar-refractivity contribution in [3.05, 3.63) is 50.8 Å². The fourth-order valence-corrected chi connectivity index (χ4v) is 2.12. The summed E-state index contributed by atoms with van der Waals surface area (Å²) in [7, 11) is 0. The van der Waals surface area contributed by atoms with Crippen LogP contribution in [-0.2, 0) is 6.42 Å². The minimum Gasteiger partial charge on any atom is -0.258 e. The number of benzene rings is 1. The van der Waals surface area contributed by atoms with Crippen LogP contribution < -0.4 is 0 Å². The van der Waals surface area contributed by atoms with Gasteiger partial charge < -0.3 is 0 Å².